The number of nitrogens with one attached hydrogen (secondary N) is 1. The zero-order chi connectivity index (χ0) is 15.6. The molecule has 2 nitrogen and oxygen atoms in total. The van der Waals surface area contributed by atoms with Crippen molar-refractivity contribution in [3.8, 4) is 0 Å². The number of thiophene rings is 1. The van der Waals surface area contributed by atoms with Gasteiger partial charge in [0, 0.05) is 4.88 Å². The second-order valence-corrected chi connectivity index (χ2v) is 8.88. The molecule has 0 aliphatic carbocycles. The number of rotatable bonds is 4. The number of hydrogen-bond donors (Lipinski definition) is 2. The zero-order valence-corrected chi connectivity index (χ0v) is 15.4. The lowest BCUT2D eigenvalue weighted by atomic mass is 9.86. The Balaban J connectivity index is 2.15. The number of hydrazine groups is 1. The van der Waals surface area contributed by atoms with E-state index < -0.39 is 0 Å². The third kappa shape index (κ3) is 4.16. The molecule has 0 fully saturated rings. The van der Waals surface area contributed by atoms with Crippen LogP contribution in [0.1, 0.15) is 48.4 Å². The van der Waals surface area contributed by atoms with E-state index in [-0.39, 0.29) is 11.5 Å². The van der Waals surface area contributed by atoms with Crippen LogP contribution in [0.2, 0.25) is 0 Å². The van der Waals surface area contributed by atoms with Gasteiger partial charge in [-0.15, -0.1) is 11.3 Å². The van der Waals surface area contributed by atoms with Gasteiger partial charge in [0.15, 0.2) is 0 Å². The van der Waals surface area contributed by atoms with Crippen molar-refractivity contribution in [2.45, 2.75) is 45.6 Å². The molecule has 0 radical (unpaired) electrons. The third-order valence-electron chi connectivity index (χ3n) is 3.68. The van der Waals surface area contributed by atoms with E-state index in [4.69, 9.17) is 5.84 Å². The van der Waals surface area contributed by atoms with Crippen molar-refractivity contribution < 1.29 is 0 Å². The van der Waals surface area contributed by atoms with E-state index in [0.717, 1.165) is 6.42 Å². The molecule has 1 unspecified atom stereocenters. The first-order valence-electron chi connectivity index (χ1n) is 7.12. The monoisotopic (exact) mass is 366 g/mol. The van der Waals surface area contributed by atoms with Gasteiger partial charge in [-0.2, -0.15) is 0 Å². The largest absolute Gasteiger partial charge is 0.271 e. The van der Waals surface area contributed by atoms with Crippen LogP contribution in [0, 0.1) is 6.92 Å². The van der Waals surface area contributed by atoms with Crippen molar-refractivity contribution in [1.29, 1.82) is 0 Å². The van der Waals surface area contributed by atoms with Gasteiger partial charge in [0.2, 0.25) is 0 Å². The highest BCUT2D eigenvalue weighted by Crippen LogP contribution is 2.32. The molecule has 2 aromatic rings. The average Bonchev–Trinajstić information content (AvgIpc) is 2.75. The molecule has 0 aliphatic heterocycles. The van der Waals surface area contributed by atoms with Gasteiger partial charge in [-0.3, -0.25) is 11.3 Å². The maximum absolute atomic E-state index is 5.75. The standard InChI is InChI=1S/C17H23BrN2S/c1-11-9-15(21-16(11)18)14(20-19)10-12-5-7-13(8-6-12)17(2,3)4/h5-9,14,20H,10,19H2,1-4H3. The summed E-state index contributed by atoms with van der Waals surface area (Å²) in [5.41, 5.74) is 7.06. The normalized spacial score (nSPS) is 13.4. The molecule has 0 bridgehead atoms. The first-order valence-corrected chi connectivity index (χ1v) is 8.73. The van der Waals surface area contributed by atoms with Gasteiger partial charge in [0.05, 0.1) is 9.83 Å². The highest BCUT2D eigenvalue weighted by molar-refractivity contribution is 9.11. The quantitative estimate of drug-likeness (QED) is 0.598. The van der Waals surface area contributed by atoms with Gasteiger partial charge in [0.25, 0.3) is 0 Å². The summed E-state index contributed by atoms with van der Waals surface area (Å²) in [6, 6.07) is 11.2. The van der Waals surface area contributed by atoms with Crippen molar-refractivity contribution in [3.63, 3.8) is 0 Å². The minimum atomic E-state index is 0.153. The van der Waals surface area contributed by atoms with Gasteiger partial charge in [-0.25, -0.2) is 0 Å². The lowest BCUT2D eigenvalue weighted by molar-refractivity contribution is 0.559. The van der Waals surface area contributed by atoms with Crippen LogP contribution in [0.3, 0.4) is 0 Å². The molecule has 0 aliphatic rings. The molecule has 1 atom stereocenters. The highest BCUT2D eigenvalue weighted by atomic mass is 79.9. The van der Waals surface area contributed by atoms with Gasteiger partial charge >= 0.3 is 0 Å². The van der Waals surface area contributed by atoms with Crippen molar-refractivity contribution in [3.05, 3.63) is 55.7 Å². The fourth-order valence-corrected chi connectivity index (χ4v) is 3.90. The predicted molar refractivity (Wildman–Crippen MR) is 95.7 cm³/mol. The van der Waals surface area contributed by atoms with E-state index in [1.807, 2.05) is 0 Å². The number of halogens is 1. The highest BCUT2D eigenvalue weighted by Gasteiger charge is 2.16. The summed E-state index contributed by atoms with van der Waals surface area (Å²) in [5.74, 6) is 5.75. The third-order valence-corrected chi connectivity index (χ3v) is 5.93. The summed E-state index contributed by atoms with van der Waals surface area (Å²) in [6.45, 7) is 8.81. The second-order valence-electron chi connectivity index (χ2n) is 6.48. The Hall–Kier alpha value is -0.680. The molecule has 0 spiro atoms. The van der Waals surface area contributed by atoms with Crippen molar-refractivity contribution in [1.82, 2.24) is 5.43 Å². The molecule has 4 heteroatoms. The van der Waals surface area contributed by atoms with Crippen LogP contribution in [0.4, 0.5) is 0 Å². The first kappa shape index (κ1) is 16.7. The molecular weight excluding hydrogens is 344 g/mol. The fourth-order valence-electron chi connectivity index (χ4n) is 2.27. The Morgan fingerprint density at radius 2 is 1.86 bits per heavy atom. The second kappa shape index (κ2) is 6.61. The first-order chi connectivity index (χ1) is 9.81. The topological polar surface area (TPSA) is 38.0 Å². The van der Waals surface area contributed by atoms with Crippen molar-refractivity contribution in [2.75, 3.05) is 0 Å². The minimum absolute atomic E-state index is 0.153. The smallest absolute Gasteiger partial charge is 0.0731 e. The average molecular weight is 367 g/mol. The van der Waals surface area contributed by atoms with E-state index in [2.05, 4.69) is 79.4 Å². The summed E-state index contributed by atoms with van der Waals surface area (Å²) in [6.07, 6.45) is 0.896. The molecule has 0 saturated carbocycles. The SMILES string of the molecule is Cc1cc(C(Cc2ccc(C(C)(C)C)cc2)NN)sc1Br. The molecule has 21 heavy (non-hydrogen) atoms. The molecule has 3 N–H and O–H groups in total. The molecule has 1 heterocycles. The molecular formula is C17H23BrN2S. The molecule has 0 saturated heterocycles. The Morgan fingerprint density at radius 1 is 1.24 bits per heavy atom. The predicted octanol–water partition coefficient (Wildman–Crippen LogP) is 4.86. The lowest BCUT2D eigenvalue weighted by Crippen LogP contribution is -2.29. The van der Waals surface area contributed by atoms with Crippen LogP contribution in [0.25, 0.3) is 0 Å². The summed E-state index contributed by atoms with van der Waals surface area (Å²) < 4.78 is 1.18. The van der Waals surface area contributed by atoms with Crippen LogP contribution < -0.4 is 11.3 Å². The summed E-state index contributed by atoms with van der Waals surface area (Å²) in [5, 5.41) is 0. The van der Waals surface area contributed by atoms with Crippen molar-refractivity contribution >= 4 is 27.3 Å². The molecule has 1 aromatic heterocycles. The van der Waals surface area contributed by atoms with Crippen LogP contribution in [-0.2, 0) is 11.8 Å². The Bertz CT molecular complexity index is 577. The van der Waals surface area contributed by atoms with Gasteiger partial charge in [-0.05, 0) is 57.4 Å². The Morgan fingerprint density at radius 3 is 2.29 bits per heavy atom. The molecule has 0 amide bonds. The van der Waals surface area contributed by atoms with Crippen LogP contribution in [-0.4, -0.2) is 0 Å². The molecule has 2 rings (SSSR count). The summed E-state index contributed by atoms with van der Waals surface area (Å²) >= 11 is 5.33. The van der Waals surface area contributed by atoms with Crippen LogP contribution in [0.15, 0.2) is 34.1 Å². The number of nitrogens with two attached hydrogens (primary N) is 1. The van der Waals surface area contributed by atoms with Gasteiger partial charge < -0.3 is 0 Å². The number of hydrogen-bond acceptors (Lipinski definition) is 3. The van der Waals surface area contributed by atoms with Crippen LogP contribution in [0.5, 0.6) is 0 Å². The van der Waals surface area contributed by atoms with E-state index in [1.165, 1.54) is 25.4 Å². The summed E-state index contributed by atoms with van der Waals surface area (Å²) in [4.78, 5) is 1.27. The van der Waals surface area contributed by atoms with Gasteiger partial charge in [-0.1, -0.05) is 45.0 Å². The van der Waals surface area contributed by atoms with E-state index in [9.17, 15) is 0 Å². The fraction of sp³-hybridized carbons (Fsp3) is 0.412. The number of benzene rings is 1. The lowest BCUT2D eigenvalue weighted by Gasteiger charge is -2.20. The van der Waals surface area contributed by atoms with E-state index in [1.54, 1.807) is 11.3 Å². The van der Waals surface area contributed by atoms with Gasteiger partial charge in [0.1, 0.15) is 0 Å². The zero-order valence-electron chi connectivity index (χ0n) is 13.0. The maximum Gasteiger partial charge on any atom is 0.0731 e. The van der Waals surface area contributed by atoms with E-state index >= 15 is 0 Å². The minimum Gasteiger partial charge on any atom is -0.271 e. The maximum atomic E-state index is 5.75. The van der Waals surface area contributed by atoms with Crippen LogP contribution >= 0.6 is 27.3 Å². The Labute approximate surface area is 139 Å². The number of aryl methyl sites for hydroxylation is 1. The summed E-state index contributed by atoms with van der Waals surface area (Å²) in [7, 11) is 0. The van der Waals surface area contributed by atoms with Crippen molar-refractivity contribution in [2.24, 2.45) is 5.84 Å². The molecule has 1 aromatic carbocycles. The Kier molecular flexibility index (Phi) is 5.25. The van der Waals surface area contributed by atoms with E-state index in [0.29, 0.717) is 0 Å². The molecule has 114 valence electrons.